The van der Waals surface area contributed by atoms with Gasteiger partial charge < -0.3 is 9.80 Å². The zero-order valence-electron chi connectivity index (χ0n) is 33.8. The fourth-order valence-electron chi connectivity index (χ4n) is 10.8. The van der Waals surface area contributed by atoms with E-state index in [1.807, 2.05) is 36.9 Å². The van der Waals surface area contributed by atoms with Gasteiger partial charge in [0.25, 0.3) is 0 Å². The normalized spacial score (nSPS) is 13.2. The molecule has 11 rings (SSSR count). The summed E-state index contributed by atoms with van der Waals surface area (Å²) < 4.78 is 0. The van der Waals surface area contributed by atoms with Crippen molar-refractivity contribution in [3.63, 3.8) is 0 Å². The minimum absolute atomic E-state index is 0.0333. The van der Waals surface area contributed by atoms with E-state index < -0.39 is 0 Å². The Labute approximate surface area is 342 Å². The first kappa shape index (κ1) is 34.6. The van der Waals surface area contributed by atoms with E-state index in [1.165, 1.54) is 111 Å². The van der Waals surface area contributed by atoms with Crippen molar-refractivity contribution in [2.24, 2.45) is 0 Å². The van der Waals surface area contributed by atoms with Gasteiger partial charge in [0, 0.05) is 36.2 Å². The molecule has 0 radical (unpaired) electrons. The Kier molecular flexibility index (Phi) is 7.72. The van der Waals surface area contributed by atoms with E-state index >= 15 is 0 Å². The maximum Gasteiger partial charge on any atom is 0.247 e. The van der Waals surface area contributed by atoms with Gasteiger partial charge in [-0.1, -0.05) is 129 Å². The molecule has 3 aliphatic heterocycles. The molecule has 0 amide bonds. The Morgan fingerprint density at radius 1 is 0.379 bits per heavy atom. The Hall–Kier alpha value is -6.65. The molecule has 3 aliphatic rings. The van der Waals surface area contributed by atoms with Crippen LogP contribution in [0.4, 0.5) is 34.1 Å². The maximum atomic E-state index is 4.51. The number of benzene rings is 6. The molecule has 0 spiro atoms. The molecule has 0 N–H and O–H groups in total. The average molecular weight is 745 g/mol. The highest BCUT2D eigenvalue weighted by molar-refractivity contribution is 7.00. The fourth-order valence-corrected chi connectivity index (χ4v) is 10.8. The van der Waals surface area contributed by atoms with Gasteiger partial charge in [0.05, 0.1) is 22.7 Å². The Balaban J connectivity index is 1.23. The van der Waals surface area contributed by atoms with Crippen molar-refractivity contribution < 1.29 is 0 Å². The number of anilines is 6. The van der Waals surface area contributed by atoms with Crippen LogP contribution >= 0.6 is 0 Å². The summed E-state index contributed by atoms with van der Waals surface area (Å²) in [6.45, 7) is 13.6. The maximum absolute atomic E-state index is 4.51. The number of nitrogens with zero attached hydrogens (tertiary/aromatic N) is 4. The smallest absolute Gasteiger partial charge is 0.247 e. The molecule has 0 aliphatic carbocycles. The quantitative estimate of drug-likeness (QED) is 0.169. The Morgan fingerprint density at radius 3 is 1.17 bits per heavy atom. The summed E-state index contributed by atoms with van der Waals surface area (Å²) in [7, 11) is 0. The molecule has 6 heteroatoms. The number of hydrogen-bond donors (Lipinski definition) is 0. The first-order chi connectivity index (χ1) is 28.3. The van der Waals surface area contributed by atoms with Gasteiger partial charge in [0.15, 0.2) is 0 Å². The first-order valence-corrected chi connectivity index (χ1v) is 20.4. The van der Waals surface area contributed by atoms with Crippen molar-refractivity contribution in [3.8, 4) is 22.3 Å². The minimum Gasteiger partial charge on any atom is -0.307 e. The Bertz CT molecular complexity index is 2750. The second kappa shape index (κ2) is 12.9. The van der Waals surface area contributed by atoms with Crippen LogP contribution in [0.15, 0.2) is 146 Å². The van der Waals surface area contributed by atoms with Gasteiger partial charge >= 0.3 is 0 Å². The molecule has 0 bridgehead atoms. The summed E-state index contributed by atoms with van der Waals surface area (Å²) in [6.07, 6.45) is 7.66. The summed E-state index contributed by atoms with van der Waals surface area (Å²) in [5, 5.41) is 0. The van der Waals surface area contributed by atoms with Gasteiger partial charge in [-0.3, -0.25) is 9.97 Å². The molecule has 58 heavy (non-hydrogen) atoms. The van der Waals surface area contributed by atoms with E-state index in [9.17, 15) is 0 Å². The minimum atomic E-state index is 0.0333. The van der Waals surface area contributed by atoms with Gasteiger partial charge in [-0.15, -0.1) is 0 Å². The lowest BCUT2D eigenvalue weighted by atomic mass is 9.33. The van der Waals surface area contributed by atoms with Gasteiger partial charge in [0.1, 0.15) is 0 Å². The summed E-state index contributed by atoms with van der Waals surface area (Å²) in [6, 6.07) is 46.0. The molecule has 276 valence electrons. The van der Waals surface area contributed by atoms with Crippen molar-refractivity contribution in [2.45, 2.75) is 41.5 Å². The van der Waals surface area contributed by atoms with E-state index in [0.717, 1.165) is 11.1 Å². The second-order valence-electron chi connectivity index (χ2n) is 16.6. The Morgan fingerprint density at radius 2 is 0.793 bits per heavy atom. The van der Waals surface area contributed by atoms with Gasteiger partial charge in [-0.05, 0) is 122 Å². The second-order valence-corrected chi connectivity index (χ2v) is 16.6. The SMILES string of the molecule is Cc1cc(C)c(B2c3cc(-c4cccnc4)ccc3N3c4cccc5c4N(c4ccc(-c6cccnc6)cc4B5c4c(C)cc(C)cc4C)c4cccc2c43)c(C)c1. The van der Waals surface area contributed by atoms with Gasteiger partial charge in [-0.25, -0.2) is 0 Å². The molecular weight excluding hydrogens is 702 g/mol. The number of aromatic nitrogens is 2. The van der Waals surface area contributed by atoms with Crippen LogP contribution in [-0.4, -0.2) is 23.4 Å². The van der Waals surface area contributed by atoms with E-state index in [2.05, 4.69) is 171 Å². The van der Waals surface area contributed by atoms with Crippen molar-refractivity contribution >= 4 is 80.3 Å². The zero-order chi connectivity index (χ0) is 39.4. The third-order valence-electron chi connectivity index (χ3n) is 12.8. The van der Waals surface area contributed by atoms with E-state index in [0.29, 0.717) is 0 Å². The molecule has 0 saturated carbocycles. The lowest BCUT2D eigenvalue weighted by molar-refractivity contribution is 1.18. The number of aryl methyl sites for hydroxylation is 6. The predicted molar refractivity (Wildman–Crippen MR) is 246 cm³/mol. The number of rotatable bonds is 4. The van der Waals surface area contributed by atoms with Gasteiger partial charge in [0.2, 0.25) is 13.4 Å². The van der Waals surface area contributed by atoms with Crippen LogP contribution in [0.25, 0.3) is 22.3 Å². The highest BCUT2D eigenvalue weighted by atomic mass is 15.3. The van der Waals surface area contributed by atoms with E-state index in [-0.39, 0.29) is 13.4 Å². The van der Waals surface area contributed by atoms with E-state index in [1.54, 1.807) is 0 Å². The van der Waals surface area contributed by atoms with Crippen LogP contribution in [0, 0.1) is 41.5 Å². The lowest BCUT2D eigenvalue weighted by Crippen LogP contribution is -2.61. The van der Waals surface area contributed by atoms with E-state index in [4.69, 9.17) is 0 Å². The average Bonchev–Trinajstić information content (AvgIpc) is 3.23. The third-order valence-corrected chi connectivity index (χ3v) is 12.8. The molecule has 6 aromatic carbocycles. The largest absolute Gasteiger partial charge is 0.307 e. The summed E-state index contributed by atoms with van der Waals surface area (Å²) in [5.41, 5.74) is 27.9. The monoisotopic (exact) mass is 744 g/mol. The summed E-state index contributed by atoms with van der Waals surface area (Å²) in [4.78, 5) is 14.2. The number of para-hydroxylation sites is 2. The molecule has 2 aromatic heterocycles. The molecule has 8 aromatic rings. The van der Waals surface area contributed by atoms with Crippen LogP contribution < -0.4 is 42.6 Å². The summed E-state index contributed by atoms with van der Waals surface area (Å²) in [5.74, 6) is 0. The molecule has 0 unspecified atom stereocenters. The van der Waals surface area contributed by atoms with Crippen molar-refractivity contribution in [1.29, 1.82) is 0 Å². The third kappa shape index (κ3) is 5.04. The van der Waals surface area contributed by atoms with Crippen LogP contribution in [0.5, 0.6) is 0 Å². The molecule has 0 saturated heterocycles. The first-order valence-electron chi connectivity index (χ1n) is 20.4. The molecule has 0 atom stereocenters. The lowest BCUT2D eigenvalue weighted by Gasteiger charge is -2.49. The van der Waals surface area contributed by atoms with Crippen LogP contribution in [0.3, 0.4) is 0 Å². The predicted octanol–water partition coefficient (Wildman–Crippen LogP) is 8.57. The molecular formula is C52H42B2N4. The van der Waals surface area contributed by atoms with Gasteiger partial charge in [-0.2, -0.15) is 0 Å². The number of fused-ring (bicyclic) bond motifs is 6. The van der Waals surface area contributed by atoms with Crippen molar-refractivity contribution in [2.75, 3.05) is 9.80 Å². The number of hydrogen-bond acceptors (Lipinski definition) is 4. The molecule has 5 heterocycles. The van der Waals surface area contributed by atoms with Crippen LogP contribution in [0.2, 0.25) is 0 Å². The standard InChI is InChI=1S/C52H42B2N4/c1-31-23-33(3)49(34(4)24-31)53-41-13-7-15-47-51(41)57(45-19-17-37(27-43(45)53)39-11-9-21-55-29-39)48-16-8-14-42-52(48)58(47)46-20-18-38(40-12-10-22-56-30-40)28-44(46)54(42)50-35(5)25-32(2)26-36(50)6/h7-30H,1-6H3. The van der Waals surface area contributed by atoms with Crippen LogP contribution in [0.1, 0.15) is 33.4 Å². The van der Waals surface area contributed by atoms with Crippen molar-refractivity contribution in [1.82, 2.24) is 9.97 Å². The zero-order valence-corrected chi connectivity index (χ0v) is 33.8. The number of pyridine rings is 2. The fraction of sp³-hybridized carbons (Fsp3) is 0.115. The molecule has 4 nitrogen and oxygen atoms in total. The highest BCUT2D eigenvalue weighted by Crippen LogP contribution is 2.55. The summed E-state index contributed by atoms with van der Waals surface area (Å²) >= 11 is 0. The topological polar surface area (TPSA) is 32.3 Å². The van der Waals surface area contributed by atoms with Crippen molar-refractivity contribution in [3.05, 3.63) is 179 Å². The van der Waals surface area contributed by atoms with Crippen LogP contribution in [-0.2, 0) is 0 Å². The molecule has 0 fully saturated rings. The highest BCUT2D eigenvalue weighted by Gasteiger charge is 2.47.